The molecule has 0 saturated heterocycles. The maximum absolute atomic E-state index is 4.81. The molecule has 0 bridgehead atoms. The molecule has 1 unspecified atom stereocenters. The lowest BCUT2D eigenvalue weighted by atomic mass is 10.0. The minimum absolute atomic E-state index is 0.170. The molecule has 21 heavy (non-hydrogen) atoms. The molecule has 3 aromatic rings. The van der Waals surface area contributed by atoms with Crippen LogP contribution in [0.3, 0.4) is 0 Å². The molecule has 3 rings (SSSR count). The lowest BCUT2D eigenvalue weighted by Gasteiger charge is -2.16. The van der Waals surface area contributed by atoms with E-state index >= 15 is 0 Å². The van der Waals surface area contributed by atoms with E-state index in [1.165, 1.54) is 10.9 Å². The van der Waals surface area contributed by atoms with Crippen LogP contribution in [0.1, 0.15) is 23.0 Å². The molecule has 2 heterocycles. The molecule has 0 aliphatic carbocycles. The fourth-order valence-electron chi connectivity index (χ4n) is 2.69. The van der Waals surface area contributed by atoms with Gasteiger partial charge in [0.1, 0.15) is 0 Å². The predicted molar refractivity (Wildman–Crippen MR) is 85.2 cm³/mol. The molecule has 2 aromatic heterocycles. The molecule has 108 valence electrons. The number of nitrogens with one attached hydrogen (secondary N) is 1. The zero-order valence-electron chi connectivity index (χ0n) is 12.7. The van der Waals surface area contributed by atoms with Crippen LogP contribution >= 0.6 is 0 Å². The van der Waals surface area contributed by atoms with Crippen molar-refractivity contribution in [3.8, 4) is 0 Å². The molecule has 0 spiro atoms. The molecule has 1 atom stereocenters. The summed E-state index contributed by atoms with van der Waals surface area (Å²) < 4.78 is 1.83. The van der Waals surface area contributed by atoms with Gasteiger partial charge in [-0.15, -0.1) is 0 Å². The number of para-hydroxylation sites is 1. The molecule has 0 amide bonds. The average molecular weight is 280 g/mol. The molecular weight excluding hydrogens is 260 g/mol. The maximum atomic E-state index is 4.81. The number of aromatic nitrogens is 3. The van der Waals surface area contributed by atoms with Crippen molar-refractivity contribution in [1.29, 1.82) is 0 Å². The number of rotatable bonds is 4. The van der Waals surface area contributed by atoms with Crippen molar-refractivity contribution in [3.63, 3.8) is 0 Å². The second kappa shape index (κ2) is 5.66. The molecule has 0 aliphatic rings. The second-order valence-corrected chi connectivity index (χ2v) is 5.41. The molecule has 4 nitrogen and oxygen atoms in total. The highest BCUT2D eigenvalue weighted by atomic mass is 15.2. The van der Waals surface area contributed by atoms with E-state index in [9.17, 15) is 0 Å². The Morgan fingerprint density at radius 3 is 2.76 bits per heavy atom. The van der Waals surface area contributed by atoms with E-state index < -0.39 is 0 Å². The monoisotopic (exact) mass is 280 g/mol. The predicted octanol–water partition coefficient (Wildman–Crippen LogP) is 2.78. The van der Waals surface area contributed by atoms with Gasteiger partial charge >= 0.3 is 0 Å². The van der Waals surface area contributed by atoms with Crippen molar-refractivity contribution >= 4 is 10.9 Å². The standard InChI is InChI=1S/C17H20N4/c1-12-10-17(19-15-7-5-4-6-14(12)15)16(18-2)11-13-8-9-21(3)20-13/h4-10,16,18H,11H2,1-3H3. The summed E-state index contributed by atoms with van der Waals surface area (Å²) in [7, 11) is 3.91. The van der Waals surface area contributed by atoms with Gasteiger partial charge in [-0.3, -0.25) is 9.67 Å². The van der Waals surface area contributed by atoms with Gasteiger partial charge in [0.25, 0.3) is 0 Å². The normalized spacial score (nSPS) is 12.7. The summed E-state index contributed by atoms with van der Waals surface area (Å²) in [5.41, 5.74) is 4.45. The van der Waals surface area contributed by atoms with Crippen LogP contribution in [-0.4, -0.2) is 21.8 Å². The number of hydrogen-bond acceptors (Lipinski definition) is 3. The zero-order chi connectivity index (χ0) is 14.8. The third-order valence-corrected chi connectivity index (χ3v) is 3.83. The topological polar surface area (TPSA) is 42.7 Å². The highest BCUT2D eigenvalue weighted by Crippen LogP contribution is 2.22. The first-order valence-corrected chi connectivity index (χ1v) is 7.19. The molecule has 4 heteroatoms. The lowest BCUT2D eigenvalue weighted by Crippen LogP contribution is -2.20. The van der Waals surface area contributed by atoms with E-state index in [1.54, 1.807) is 0 Å². The van der Waals surface area contributed by atoms with Crippen LogP contribution in [0.25, 0.3) is 10.9 Å². The third-order valence-electron chi connectivity index (χ3n) is 3.83. The number of likely N-dealkylation sites (N-methyl/N-ethyl adjacent to an activating group) is 1. The van der Waals surface area contributed by atoms with Gasteiger partial charge in [0.15, 0.2) is 0 Å². The minimum atomic E-state index is 0.170. The Morgan fingerprint density at radius 1 is 1.24 bits per heavy atom. The summed E-state index contributed by atoms with van der Waals surface area (Å²) in [5.74, 6) is 0. The van der Waals surface area contributed by atoms with Crippen LogP contribution in [0.5, 0.6) is 0 Å². The number of hydrogen-bond donors (Lipinski definition) is 1. The first-order valence-electron chi connectivity index (χ1n) is 7.19. The highest BCUT2D eigenvalue weighted by Gasteiger charge is 2.14. The van der Waals surface area contributed by atoms with Crippen LogP contribution in [-0.2, 0) is 13.5 Å². The number of aryl methyl sites for hydroxylation is 2. The minimum Gasteiger partial charge on any atom is -0.311 e. The summed E-state index contributed by atoms with van der Waals surface area (Å²) in [6, 6.07) is 12.7. The Bertz CT molecular complexity index is 760. The van der Waals surface area contributed by atoms with Crippen LogP contribution in [0.15, 0.2) is 42.6 Å². The van der Waals surface area contributed by atoms with Crippen molar-refractivity contribution in [3.05, 3.63) is 59.5 Å². The van der Waals surface area contributed by atoms with Gasteiger partial charge in [-0.05, 0) is 37.7 Å². The van der Waals surface area contributed by atoms with Crippen LogP contribution in [0.2, 0.25) is 0 Å². The Hall–Kier alpha value is -2.20. The number of pyridine rings is 1. The van der Waals surface area contributed by atoms with Gasteiger partial charge in [-0.1, -0.05) is 18.2 Å². The van der Waals surface area contributed by atoms with Crippen molar-refractivity contribution in [1.82, 2.24) is 20.1 Å². The molecule has 1 N–H and O–H groups in total. The largest absolute Gasteiger partial charge is 0.311 e. The van der Waals surface area contributed by atoms with Gasteiger partial charge in [0.05, 0.1) is 22.9 Å². The number of fused-ring (bicyclic) bond motifs is 1. The van der Waals surface area contributed by atoms with E-state index in [-0.39, 0.29) is 6.04 Å². The van der Waals surface area contributed by atoms with Gasteiger partial charge in [0.2, 0.25) is 0 Å². The summed E-state index contributed by atoms with van der Waals surface area (Å²) in [6.07, 6.45) is 2.81. The first kappa shape index (κ1) is 13.8. The average Bonchev–Trinajstić information content (AvgIpc) is 2.90. The summed E-state index contributed by atoms with van der Waals surface area (Å²) in [4.78, 5) is 4.81. The smallest absolute Gasteiger partial charge is 0.0708 e. The Morgan fingerprint density at radius 2 is 2.05 bits per heavy atom. The van der Waals surface area contributed by atoms with Gasteiger partial charge in [0, 0.05) is 25.1 Å². The van der Waals surface area contributed by atoms with E-state index in [4.69, 9.17) is 4.98 Å². The van der Waals surface area contributed by atoms with E-state index in [0.29, 0.717) is 0 Å². The first-order chi connectivity index (χ1) is 10.2. The molecule has 0 radical (unpaired) electrons. The summed E-state index contributed by atoms with van der Waals surface area (Å²) in [6.45, 7) is 2.14. The van der Waals surface area contributed by atoms with Crippen LogP contribution < -0.4 is 5.32 Å². The number of nitrogens with zero attached hydrogens (tertiary/aromatic N) is 3. The van der Waals surface area contributed by atoms with Crippen molar-refractivity contribution < 1.29 is 0 Å². The van der Waals surface area contributed by atoms with E-state index in [0.717, 1.165) is 23.3 Å². The van der Waals surface area contributed by atoms with Gasteiger partial charge < -0.3 is 5.32 Å². The van der Waals surface area contributed by atoms with E-state index in [1.807, 2.05) is 31.0 Å². The quantitative estimate of drug-likeness (QED) is 0.799. The molecule has 0 saturated carbocycles. The fraction of sp³-hybridized carbons (Fsp3) is 0.294. The SMILES string of the molecule is CNC(Cc1ccn(C)n1)c1cc(C)c2ccccc2n1. The van der Waals surface area contributed by atoms with Crippen LogP contribution in [0.4, 0.5) is 0 Å². The fourth-order valence-corrected chi connectivity index (χ4v) is 2.69. The number of benzene rings is 1. The van der Waals surface area contributed by atoms with Crippen molar-refractivity contribution in [2.45, 2.75) is 19.4 Å². The van der Waals surface area contributed by atoms with Gasteiger partial charge in [-0.2, -0.15) is 5.10 Å². The second-order valence-electron chi connectivity index (χ2n) is 5.41. The van der Waals surface area contributed by atoms with E-state index in [2.05, 4.69) is 47.7 Å². The molecule has 0 fully saturated rings. The molecule has 0 aliphatic heterocycles. The van der Waals surface area contributed by atoms with Crippen molar-refractivity contribution in [2.24, 2.45) is 7.05 Å². The van der Waals surface area contributed by atoms with Crippen molar-refractivity contribution in [2.75, 3.05) is 7.05 Å². The molecule has 1 aromatic carbocycles. The summed E-state index contributed by atoms with van der Waals surface area (Å²) in [5, 5.41) is 9.03. The summed E-state index contributed by atoms with van der Waals surface area (Å²) >= 11 is 0. The molecular formula is C17H20N4. The van der Waals surface area contributed by atoms with Crippen LogP contribution in [0, 0.1) is 6.92 Å². The zero-order valence-corrected chi connectivity index (χ0v) is 12.7. The Labute approximate surface area is 124 Å². The Kier molecular flexibility index (Phi) is 3.71. The Balaban J connectivity index is 1.96. The highest BCUT2D eigenvalue weighted by molar-refractivity contribution is 5.82. The lowest BCUT2D eigenvalue weighted by molar-refractivity contribution is 0.564. The van der Waals surface area contributed by atoms with Gasteiger partial charge in [-0.25, -0.2) is 0 Å². The maximum Gasteiger partial charge on any atom is 0.0708 e. The third kappa shape index (κ3) is 2.81.